The Balaban J connectivity index is 1.91. The molecule has 1 heterocycles. The first-order valence-electron chi connectivity index (χ1n) is 5.52. The topological polar surface area (TPSA) is 40.7 Å². The molecule has 0 saturated carbocycles. The molecule has 3 nitrogen and oxygen atoms in total. The Labute approximate surface area is 112 Å². The van der Waals surface area contributed by atoms with Gasteiger partial charge in [0.1, 0.15) is 5.82 Å². The van der Waals surface area contributed by atoms with E-state index in [2.05, 4.69) is 15.3 Å². The molecule has 2 aromatic rings. The number of nitrogens with zero attached hydrogens (tertiary/aromatic N) is 1. The number of H-pyrrole nitrogens is 1. The predicted octanol–water partition coefficient (Wildman–Crippen LogP) is 3.94. The molecule has 0 amide bonds. The minimum Gasteiger partial charge on any atom is -0.379 e. The summed E-state index contributed by atoms with van der Waals surface area (Å²) < 4.78 is 36.4. The first-order valence-corrected chi connectivity index (χ1v) is 6.34. The van der Waals surface area contributed by atoms with E-state index in [0.717, 1.165) is 17.2 Å². The summed E-state index contributed by atoms with van der Waals surface area (Å²) in [5.41, 5.74) is -2.56. The lowest BCUT2D eigenvalue weighted by atomic mass is 10.3. The molecule has 1 aromatic heterocycles. The maximum Gasteiger partial charge on any atom is 0.446 e. The summed E-state index contributed by atoms with van der Waals surface area (Å²) in [4.78, 5) is 7.30. The molecule has 0 aliphatic carbocycles. The van der Waals surface area contributed by atoms with Gasteiger partial charge in [0, 0.05) is 10.6 Å². The summed E-state index contributed by atoms with van der Waals surface area (Å²) in [7, 11) is 0. The number of rotatable bonds is 4. The molecule has 0 fully saturated rings. The van der Waals surface area contributed by atoms with E-state index in [1.54, 1.807) is 18.3 Å². The van der Waals surface area contributed by atoms with Crippen molar-refractivity contribution in [1.29, 1.82) is 0 Å². The number of nitrogens with one attached hydrogen (secondary N) is 2. The van der Waals surface area contributed by atoms with Gasteiger partial charge in [-0.2, -0.15) is 13.2 Å². The van der Waals surface area contributed by atoms with Gasteiger partial charge in [0.15, 0.2) is 0 Å². The maximum absolute atomic E-state index is 12.1. The molecule has 0 radical (unpaired) electrons. The number of anilines is 1. The first kappa shape index (κ1) is 13.8. The van der Waals surface area contributed by atoms with Gasteiger partial charge in [-0.1, -0.05) is 0 Å². The number of aromatic nitrogens is 2. The Morgan fingerprint density at radius 3 is 2.47 bits per heavy atom. The molecular weight excluding hydrogens is 275 g/mol. The van der Waals surface area contributed by atoms with Gasteiger partial charge < -0.3 is 10.3 Å². The van der Waals surface area contributed by atoms with Crippen LogP contribution in [0, 0.1) is 6.92 Å². The second-order valence-electron chi connectivity index (χ2n) is 3.92. The lowest BCUT2D eigenvalue weighted by Gasteiger charge is -2.08. The minimum atomic E-state index is -4.25. The number of benzene rings is 1. The second-order valence-corrected chi connectivity index (χ2v) is 5.06. The minimum absolute atomic E-state index is 0.117. The van der Waals surface area contributed by atoms with Crippen LogP contribution >= 0.6 is 11.8 Å². The van der Waals surface area contributed by atoms with Crippen LogP contribution in [0.1, 0.15) is 11.5 Å². The Hall–Kier alpha value is -1.63. The molecule has 0 unspecified atom stereocenters. The van der Waals surface area contributed by atoms with Crippen molar-refractivity contribution in [2.45, 2.75) is 23.9 Å². The number of alkyl halides is 3. The van der Waals surface area contributed by atoms with Crippen LogP contribution in [0.5, 0.6) is 0 Å². The largest absolute Gasteiger partial charge is 0.446 e. The van der Waals surface area contributed by atoms with Crippen LogP contribution < -0.4 is 5.32 Å². The molecule has 102 valence electrons. The van der Waals surface area contributed by atoms with Gasteiger partial charge in [-0.25, -0.2) is 4.98 Å². The third-order valence-corrected chi connectivity index (χ3v) is 3.07. The van der Waals surface area contributed by atoms with Crippen LogP contribution in [-0.2, 0) is 6.54 Å². The number of imidazole rings is 1. The van der Waals surface area contributed by atoms with Gasteiger partial charge in [0.2, 0.25) is 0 Å². The lowest BCUT2D eigenvalue weighted by Crippen LogP contribution is -2.01. The molecule has 0 bridgehead atoms. The fraction of sp³-hybridized carbons (Fsp3) is 0.250. The Kier molecular flexibility index (Phi) is 4.04. The highest BCUT2D eigenvalue weighted by molar-refractivity contribution is 8.00. The smallest absolute Gasteiger partial charge is 0.379 e. The van der Waals surface area contributed by atoms with Crippen LogP contribution in [0.4, 0.5) is 18.9 Å². The molecule has 2 rings (SSSR count). The number of hydrogen-bond acceptors (Lipinski definition) is 3. The molecule has 7 heteroatoms. The molecular formula is C12H12F3N3S. The highest BCUT2D eigenvalue weighted by atomic mass is 32.2. The van der Waals surface area contributed by atoms with Crippen LogP contribution in [0.25, 0.3) is 0 Å². The highest BCUT2D eigenvalue weighted by Crippen LogP contribution is 2.37. The lowest BCUT2D eigenvalue weighted by molar-refractivity contribution is -0.0328. The number of aromatic amines is 1. The van der Waals surface area contributed by atoms with Gasteiger partial charge in [0.25, 0.3) is 0 Å². The molecule has 1 aromatic carbocycles. The standard InChI is InChI=1S/C12H12F3N3S/c1-8-16-6-10(18-8)7-17-9-2-4-11(5-3-9)19-12(13,14)15/h2-6,17H,7H2,1H3,(H,16,18). The third-order valence-electron chi connectivity index (χ3n) is 2.33. The van der Waals surface area contributed by atoms with Crippen molar-refractivity contribution in [1.82, 2.24) is 9.97 Å². The van der Waals surface area contributed by atoms with E-state index in [0.29, 0.717) is 6.54 Å². The zero-order chi connectivity index (χ0) is 13.9. The summed E-state index contributed by atoms with van der Waals surface area (Å²) >= 11 is -0.117. The molecule has 0 aliphatic rings. The van der Waals surface area contributed by atoms with E-state index in [1.807, 2.05) is 6.92 Å². The number of aryl methyl sites for hydroxylation is 1. The Bertz CT molecular complexity index is 534. The van der Waals surface area contributed by atoms with E-state index in [9.17, 15) is 13.2 Å². The van der Waals surface area contributed by atoms with Crippen molar-refractivity contribution in [2.75, 3.05) is 5.32 Å². The SMILES string of the molecule is Cc1ncc(CNc2ccc(SC(F)(F)F)cc2)[nH]1. The summed E-state index contributed by atoms with van der Waals surface area (Å²) in [6, 6.07) is 6.13. The van der Waals surface area contributed by atoms with Crippen LogP contribution in [0.15, 0.2) is 35.4 Å². The van der Waals surface area contributed by atoms with Crippen molar-refractivity contribution < 1.29 is 13.2 Å². The van der Waals surface area contributed by atoms with Crippen molar-refractivity contribution >= 4 is 17.4 Å². The van der Waals surface area contributed by atoms with E-state index in [-0.39, 0.29) is 16.7 Å². The molecule has 0 aliphatic heterocycles. The van der Waals surface area contributed by atoms with Crippen LogP contribution in [0.3, 0.4) is 0 Å². The van der Waals surface area contributed by atoms with Crippen molar-refractivity contribution in [3.63, 3.8) is 0 Å². The normalized spacial score (nSPS) is 11.6. The quantitative estimate of drug-likeness (QED) is 0.837. The number of thioether (sulfide) groups is 1. The first-order chi connectivity index (χ1) is 8.92. The Morgan fingerprint density at radius 2 is 1.95 bits per heavy atom. The van der Waals surface area contributed by atoms with Gasteiger partial charge in [-0.3, -0.25) is 0 Å². The fourth-order valence-electron chi connectivity index (χ4n) is 1.53. The van der Waals surface area contributed by atoms with Gasteiger partial charge in [0.05, 0.1) is 18.4 Å². The number of hydrogen-bond donors (Lipinski definition) is 2. The van der Waals surface area contributed by atoms with Crippen molar-refractivity contribution in [3.05, 3.63) is 42.0 Å². The second kappa shape index (κ2) is 5.56. The van der Waals surface area contributed by atoms with E-state index in [1.165, 1.54) is 12.1 Å². The molecule has 0 spiro atoms. The molecule has 2 N–H and O–H groups in total. The third kappa shape index (κ3) is 4.51. The monoisotopic (exact) mass is 287 g/mol. The molecule has 0 saturated heterocycles. The zero-order valence-corrected chi connectivity index (χ0v) is 10.9. The summed E-state index contributed by atoms with van der Waals surface area (Å²) in [6.45, 7) is 2.40. The van der Waals surface area contributed by atoms with Gasteiger partial charge >= 0.3 is 5.51 Å². The zero-order valence-electron chi connectivity index (χ0n) is 10.1. The average Bonchev–Trinajstić information content (AvgIpc) is 2.72. The van der Waals surface area contributed by atoms with Crippen molar-refractivity contribution in [3.8, 4) is 0 Å². The Morgan fingerprint density at radius 1 is 1.26 bits per heavy atom. The summed E-state index contributed by atoms with van der Waals surface area (Å²) in [5.74, 6) is 0.828. The average molecular weight is 287 g/mol. The van der Waals surface area contributed by atoms with E-state index >= 15 is 0 Å². The molecule has 0 atom stereocenters. The fourth-order valence-corrected chi connectivity index (χ4v) is 2.07. The van der Waals surface area contributed by atoms with Crippen LogP contribution in [-0.4, -0.2) is 15.5 Å². The van der Waals surface area contributed by atoms with E-state index in [4.69, 9.17) is 0 Å². The summed E-state index contributed by atoms with van der Waals surface area (Å²) in [5, 5.41) is 3.10. The number of halogens is 3. The highest BCUT2D eigenvalue weighted by Gasteiger charge is 2.28. The van der Waals surface area contributed by atoms with Crippen LogP contribution in [0.2, 0.25) is 0 Å². The predicted molar refractivity (Wildman–Crippen MR) is 69.0 cm³/mol. The maximum atomic E-state index is 12.1. The molecule has 19 heavy (non-hydrogen) atoms. The van der Waals surface area contributed by atoms with Gasteiger partial charge in [-0.15, -0.1) is 0 Å². The summed E-state index contributed by atoms with van der Waals surface area (Å²) in [6.07, 6.45) is 1.72. The van der Waals surface area contributed by atoms with E-state index < -0.39 is 5.51 Å². The van der Waals surface area contributed by atoms with Gasteiger partial charge in [-0.05, 0) is 43.0 Å². The van der Waals surface area contributed by atoms with Crippen molar-refractivity contribution in [2.24, 2.45) is 0 Å².